The van der Waals surface area contributed by atoms with Gasteiger partial charge in [0, 0.05) is 33.5 Å². The Bertz CT molecular complexity index is 372. The van der Waals surface area contributed by atoms with Crippen LogP contribution in [0.25, 0.3) is 0 Å². The molecule has 0 atom stereocenters. The largest absolute Gasteiger partial charge is 0.337 e. The lowest BCUT2D eigenvalue weighted by molar-refractivity contribution is 0.0765. The first-order chi connectivity index (χ1) is 8.08. The average molecular weight is 384 g/mol. The molecule has 0 fully saturated rings. The number of benzene rings is 1. The van der Waals surface area contributed by atoms with E-state index in [9.17, 15) is 4.79 Å². The zero-order chi connectivity index (χ0) is 12.8. The molecule has 0 saturated heterocycles. The monoisotopic (exact) mass is 381 g/mol. The molecule has 0 saturated carbocycles. The van der Waals surface area contributed by atoms with Gasteiger partial charge in [-0.1, -0.05) is 38.8 Å². The van der Waals surface area contributed by atoms with Crippen LogP contribution >= 0.6 is 43.5 Å². The third-order valence-corrected chi connectivity index (χ3v) is 3.33. The molecule has 0 spiro atoms. The van der Waals surface area contributed by atoms with E-state index >= 15 is 0 Å². The van der Waals surface area contributed by atoms with Crippen molar-refractivity contribution < 1.29 is 4.79 Å². The van der Waals surface area contributed by atoms with Crippen LogP contribution in [0.2, 0.25) is 0 Å². The number of carbonyl (C=O) groups is 1. The normalized spacial score (nSPS) is 10.4. The Labute approximate surface area is 124 Å². The quantitative estimate of drug-likeness (QED) is 0.694. The predicted molar refractivity (Wildman–Crippen MR) is 78.8 cm³/mol. The van der Waals surface area contributed by atoms with Gasteiger partial charge in [0.25, 0.3) is 5.91 Å². The fourth-order valence-corrected chi connectivity index (χ4v) is 3.04. The van der Waals surface area contributed by atoms with E-state index in [4.69, 9.17) is 11.6 Å². The van der Waals surface area contributed by atoms with Crippen molar-refractivity contribution in [3.8, 4) is 0 Å². The molecule has 1 rings (SSSR count). The van der Waals surface area contributed by atoms with Gasteiger partial charge in [0.2, 0.25) is 0 Å². The van der Waals surface area contributed by atoms with Crippen LogP contribution in [-0.4, -0.2) is 29.8 Å². The maximum atomic E-state index is 12.3. The van der Waals surface area contributed by atoms with Crippen LogP contribution in [0, 0.1) is 0 Å². The summed E-state index contributed by atoms with van der Waals surface area (Å²) in [6.45, 7) is 3.36. The second-order valence-electron chi connectivity index (χ2n) is 3.64. The molecule has 1 aromatic rings. The van der Waals surface area contributed by atoms with Crippen LogP contribution in [0.5, 0.6) is 0 Å². The minimum absolute atomic E-state index is 0.0227. The van der Waals surface area contributed by atoms with Crippen LogP contribution in [-0.2, 0) is 0 Å². The van der Waals surface area contributed by atoms with E-state index in [1.807, 2.05) is 25.1 Å². The summed E-state index contributed by atoms with van der Waals surface area (Å²) in [6, 6.07) is 5.55. The molecule has 17 heavy (non-hydrogen) atoms. The molecular formula is C12H14Br2ClNO. The molecule has 0 heterocycles. The smallest absolute Gasteiger partial charge is 0.253 e. The number of halogens is 3. The Morgan fingerprint density at radius 1 is 1.24 bits per heavy atom. The van der Waals surface area contributed by atoms with Crippen LogP contribution in [0.1, 0.15) is 23.7 Å². The fourth-order valence-electron chi connectivity index (χ4n) is 1.55. The molecule has 0 aliphatic carbocycles. The molecule has 0 aliphatic heterocycles. The molecule has 0 N–H and O–H groups in total. The van der Waals surface area contributed by atoms with Crippen molar-refractivity contribution >= 4 is 49.4 Å². The summed E-state index contributed by atoms with van der Waals surface area (Å²) in [6.07, 6.45) is 0.928. The lowest BCUT2D eigenvalue weighted by atomic mass is 10.2. The molecule has 5 heteroatoms. The van der Waals surface area contributed by atoms with Crippen molar-refractivity contribution in [1.82, 2.24) is 4.90 Å². The molecule has 0 radical (unpaired) electrons. The van der Waals surface area contributed by atoms with Gasteiger partial charge in [-0.15, -0.1) is 11.6 Å². The lowest BCUT2D eigenvalue weighted by Crippen LogP contribution is -2.33. The standard InChI is InChI=1S/C12H14Br2ClNO/c1-2-4-16(5-3-15)12(17)9-6-10(13)8-11(14)7-9/h6-8H,2-5H2,1H3. The van der Waals surface area contributed by atoms with Gasteiger partial charge in [-0.2, -0.15) is 0 Å². The van der Waals surface area contributed by atoms with Gasteiger partial charge in [0.05, 0.1) is 0 Å². The number of nitrogens with zero attached hydrogens (tertiary/aromatic N) is 1. The second-order valence-corrected chi connectivity index (χ2v) is 5.85. The molecule has 0 aromatic heterocycles. The van der Waals surface area contributed by atoms with Gasteiger partial charge in [-0.05, 0) is 24.6 Å². The van der Waals surface area contributed by atoms with E-state index in [0.29, 0.717) is 18.0 Å². The summed E-state index contributed by atoms with van der Waals surface area (Å²) in [4.78, 5) is 14.0. The SMILES string of the molecule is CCCN(CCCl)C(=O)c1cc(Br)cc(Br)c1. The highest BCUT2D eigenvalue weighted by atomic mass is 79.9. The van der Waals surface area contributed by atoms with Crippen molar-refractivity contribution in [1.29, 1.82) is 0 Å². The van der Waals surface area contributed by atoms with Gasteiger partial charge >= 0.3 is 0 Å². The molecule has 0 bridgehead atoms. The Hall–Kier alpha value is -0.0600. The van der Waals surface area contributed by atoms with E-state index in [1.165, 1.54) is 0 Å². The zero-order valence-corrected chi connectivity index (χ0v) is 13.5. The van der Waals surface area contributed by atoms with Crippen LogP contribution < -0.4 is 0 Å². The Balaban J connectivity index is 2.92. The van der Waals surface area contributed by atoms with E-state index in [2.05, 4.69) is 31.9 Å². The number of amides is 1. The van der Waals surface area contributed by atoms with Crippen molar-refractivity contribution in [2.24, 2.45) is 0 Å². The third-order valence-electron chi connectivity index (χ3n) is 2.24. The van der Waals surface area contributed by atoms with Crippen LogP contribution in [0.3, 0.4) is 0 Å². The molecule has 1 aromatic carbocycles. The summed E-state index contributed by atoms with van der Waals surface area (Å²) < 4.78 is 1.77. The summed E-state index contributed by atoms with van der Waals surface area (Å²) in [5, 5.41) is 0. The molecule has 0 aliphatic rings. The van der Waals surface area contributed by atoms with Crippen molar-refractivity contribution in [3.05, 3.63) is 32.7 Å². The summed E-state index contributed by atoms with van der Waals surface area (Å²) >= 11 is 12.5. The van der Waals surface area contributed by atoms with Gasteiger partial charge < -0.3 is 4.90 Å². The Kier molecular flexibility index (Phi) is 6.52. The van der Waals surface area contributed by atoms with Gasteiger partial charge in [0.1, 0.15) is 0 Å². The Morgan fingerprint density at radius 3 is 2.29 bits per heavy atom. The first-order valence-electron chi connectivity index (χ1n) is 5.39. The summed E-state index contributed by atoms with van der Waals surface area (Å²) in [5.41, 5.74) is 0.671. The molecule has 0 unspecified atom stereocenters. The minimum Gasteiger partial charge on any atom is -0.337 e. The van der Waals surface area contributed by atoms with E-state index < -0.39 is 0 Å². The highest BCUT2D eigenvalue weighted by molar-refractivity contribution is 9.11. The number of carbonyl (C=O) groups excluding carboxylic acids is 1. The maximum absolute atomic E-state index is 12.3. The van der Waals surface area contributed by atoms with E-state index in [0.717, 1.165) is 21.9 Å². The Morgan fingerprint density at radius 2 is 1.82 bits per heavy atom. The van der Waals surface area contributed by atoms with Gasteiger partial charge in [-0.3, -0.25) is 4.79 Å². The van der Waals surface area contributed by atoms with Crippen LogP contribution in [0.4, 0.5) is 0 Å². The van der Waals surface area contributed by atoms with E-state index in [-0.39, 0.29) is 5.91 Å². The molecule has 1 amide bonds. The number of alkyl halides is 1. The topological polar surface area (TPSA) is 20.3 Å². The molecule has 94 valence electrons. The maximum Gasteiger partial charge on any atom is 0.253 e. The van der Waals surface area contributed by atoms with Crippen LogP contribution in [0.15, 0.2) is 27.1 Å². The van der Waals surface area contributed by atoms with Gasteiger partial charge in [0.15, 0.2) is 0 Å². The van der Waals surface area contributed by atoms with Crippen molar-refractivity contribution in [3.63, 3.8) is 0 Å². The van der Waals surface area contributed by atoms with E-state index in [1.54, 1.807) is 4.90 Å². The highest BCUT2D eigenvalue weighted by Crippen LogP contribution is 2.21. The molecular weight excluding hydrogens is 369 g/mol. The lowest BCUT2D eigenvalue weighted by Gasteiger charge is -2.21. The number of rotatable bonds is 5. The fraction of sp³-hybridized carbons (Fsp3) is 0.417. The van der Waals surface area contributed by atoms with Crippen molar-refractivity contribution in [2.75, 3.05) is 19.0 Å². The third kappa shape index (κ3) is 4.60. The van der Waals surface area contributed by atoms with Gasteiger partial charge in [-0.25, -0.2) is 0 Å². The predicted octanol–water partition coefficient (Wildman–Crippen LogP) is 4.30. The second kappa shape index (κ2) is 7.39. The summed E-state index contributed by atoms with van der Waals surface area (Å²) in [7, 11) is 0. The van der Waals surface area contributed by atoms with Crippen molar-refractivity contribution in [2.45, 2.75) is 13.3 Å². The number of hydrogen-bond acceptors (Lipinski definition) is 1. The molecule has 2 nitrogen and oxygen atoms in total. The number of hydrogen-bond donors (Lipinski definition) is 0. The first kappa shape index (κ1) is 15.0. The zero-order valence-electron chi connectivity index (χ0n) is 9.55. The summed E-state index contributed by atoms with van der Waals surface area (Å²) in [5.74, 6) is 0.482. The highest BCUT2D eigenvalue weighted by Gasteiger charge is 2.15. The minimum atomic E-state index is 0.0227. The first-order valence-corrected chi connectivity index (χ1v) is 7.52. The average Bonchev–Trinajstić information content (AvgIpc) is 2.26.